The summed E-state index contributed by atoms with van der Waals surface area (Å²) in [5, 5.41) is 4.11. The van der Waals surface area contributed by atoms with Gasteiger partial charge in [-0.1, -0.05) is 48.5 Å². The highest BCUT2D eigenvalue weighted by molar-refractivity contribution is 6.09. The summed E-state index contributed by atoms with van der Waals surface area (Å²) in [6.07, 6.45) is -1.51. The molecule has 0 unspecified atom stereocenters. The van der Waals surface area contributed by atoms with Crippen LogP contribution in [0.3, 0.4) is 0 Å². The Bertz CT molecular complexity index is 1490. The third kappa shape index (κ3) is 4.53. The summed E-state index contributed by atoms with van der Waals surface area (Å²) in [5.74, 6) is 0.244. The van der Waals surface area contributed by atoms with Gasteiger partial charge in [0.1, 0.15) is 17.0 Å². The minimum Gasteiger partial charge on any atom is -0.497 e. The smallest absolute Gasteiger partial charge is 0.280 e. The average Bonchev–Trinajstić information content (AvgIpc) is 3.36. The zero-order valence-corrected chi connectivity index (χ0v) is 19.4. The van der Waals surface area contributed by atoms with Gasteiger partial charge >= 0.3 is 0 Å². The number of aromatic nitrogens is 3. The zero-order valence-electron chi connectivity index (χ0n) is 19.4. The Morgan fingerprint density at radius 3 is 2.28 bits per heavy atom. The number of benzene rings is 3. The SMILES string of the molecule is COc1ccc(-c2cc(C(F)F)n3ncc(C(=O)N(Cc4ccccc4)c4ccccc4)c3n2)cc1. The van der Waals surface area contributed by atoms with Gasteiger partial charge in [-0.15, -0.1) is 0 Å². The first-order valence-corrected chi connectivity index (χ1v) is 11.3. The van der Waals surface area contributed by atoms with Crippen molar-refractivity contribution < 1.29 is 18.3 Å². The van der Waals surface area contributed by atoms with Crippen molar-refractivity contribution >= 4 is 17.2 Å². The summed E-state index contributed by atoms with van der Waals surface area (Å²) < 4.78 is 34.3. The van der Waals surface area contributed by atoms with Gasteiger partial charge in [0, 0.05) is 11.3 Å². The number of halogens is 2. The topological polar surface area (TPSA) is 59.7 Å². The summed E-state index contributed by atoms with van der Waals surface area (Å²) in [6, 6.07) is 27.0. The Hall–Kier alpha value is -4.59. The molecular weight excluding hydrogens is 462 g/mol. The first-order valence-electron chi connectivity index (χ1n) is 11.3. The third-order valence-corrected chi connectivity index (χ3v) is 5.84. The first-order chi connectivity index (χ1) is 17.5. The fourth-order valence-electron chi connectivity index (χ4n) is 4.00. The van der Waals surface area contributed by atoms with E-state index in [9.17, 15) is 13.6 Å². The van der Waals surface area contributed by atoms with Gasteiger partial charge in [-0.05, 0) is 48.0 Å². The van der Waals surface area contributed by atoms with Crippen LogP contribution in [0.5, 0.6) is 5.75 Å². The van der Waals surface area contributed by atoms with Crippen LogP contribution in [0, 0.1) is 0 Å². The summed E-state index contributed by atoms with van der Waals surface area (Å²) in [7, 11) is 1.55. The number of hydrogen-bond acceptors (Lipinski definition) is 4. The molecule has 6 nitrogen and oxygen atoms in total. The van der Waals surface area contributed by atoms with Crippen molar-refractivity contribution in [3.63, 3.8) is 0 Å². The van der Waals surface area contributed by atoms with Crippen molar-refractivity contribution in [2.24, 2.45) is 0 Å². The Balaban J connectivity index is 1.62. The average molecular weight is 485 g/mol. The van der Waals surface area contributed by atoms with Crippen molar-refractivity contribution in [1.29, 1.82) is 0 Å². The lowest BCUT2D eigenvalue weighted by atomic mass is 10.1. The number of carbonyl (C=O) groups excluding carboxylic acids is 1. The molecule has 0 saturated heterocycles. The van der Waals surface area contributed by atoms with E-state index in [1.165, 1.54) is 12.3 Å². The van der Waals surface area contributed by atoms with Crippen LogP contribution in [0.25, 0.3) is 16.9 Å². The van der Waals surface area contributed by atoms with Gasteiger partial charge < -0.3 is 9.64 Å². The summed E-state index contributed by atoms with van der Waals surface area (Å²) >= 11 is 0. The van der Waals surface area contributed by atoms with Crippen molar-refractivity contribution in [2.45, 2.75) is 13.0 Å². The van der Waals surface area contributed by atoms with E-state index in [1.807, 2.05) is 60.7 Å². The van der Waals surface area contributed by atoms with E-state index in [2.05, 4.69) is 10.1 Å². The number of anilines is 1. The second-order valence-electron chi connectivity index (χ2n) is 8.10. The van der Waals surface area contributed by atoms with Gasteiger partial charge in [0.2, 0.25) is 0 Å². The number of ether oxygens (including phenoxy) is 1. The van der Waals surface area contributed by atoms with Gasteiger partial charge in [0.05, 0.1) is 25.5 Å². The van der Waals surface area contributed by atoms with E-state index in [4.69, 9.17) is 4.74 Å². The number of methoxy groups -OCH3 is 1. The second kappa shape index (κ2) is 9.95. The molecule has 8 heteroatoms. The lowest BCUT2D eigenvalue weighted by Gasteiger charge is -2.22. The molecule has 0 saturated carbocycles. The quantitative estimate of drug-likeness (QED) is 0.276. The predicted octanol–water partition coefficient (Wildman–Crippen LogP) is 6.19. The van der Waals surface area contributed by atoms with Crippen LogP contribution in [0.15, 0.2) is 97.2 Å². The fourth-order valence-corrected chi connectivity index (χ4v) is 4.00. The van der Waals surface area contributed by atoms with Crippen LogP contribution >= 0.6 is 0 Å². The largest absolute Gasteiger partial charge is 0.497 e. The number of alkyl halides is 2. The lowest BCUT2D eigenvalue weighted by Crippen LogP contribution is -2.30. The molecule has 36 heavy (non-hydrogen) atoms. The second-order valence-corrected chi connectivity index (χ2v) is 8.10. The zero-order chi connectivity index (χ0) is 25.1. The molecule has 0 N–H and O–H groups in total. The molecule has 0 aliphatic heterocycles. The molecule has 2 heterocycles. The van der Waals surface area contributed by atoms with Crippen LogP contribution in [0.4, 0.5) is 14.5 Å². The Labute approximate surface area is 206 Å². The maximum atomic E-state index is 14.0. The summed E-state index contributed by atoms with van der Waals surface area (Å²) in [4.78, 5) is 20.0. The molecule has 5 aromatic rings. The van der Waals surface area contributed by atoms with Crippen LogP contribution < -0.4 is 9.64 Å². The van der Waals surface area contributed by atoms with E-state index < -0.39 is 6.43 Å². The maximum Gasteiger partial charge on any atom is 0.280 e. The minimum absolute atomic E-state index is 0.0672. The van der Waals surface area contributed by atoms with E-state index in [0.717, 1.165) is 10.1 Å². The van der Waals surface area contributed by atoms with Crippen molar-refractivity contribution in [3.8, 4) is 17.0 Å². The van der Waals surface area contributed by atoms with Gasteiger partial charge in [-0.3, -0.25) is 4.79 Å². The Morgan fingerprint density at radius 2 is 1.64 bits per heavy atom. The highest BCUT2D eigenvalue weighted by Crippen LogP contribution is 2.29. The molecule has 0 radical (unpaired) electrons. The van der Waals surface area contributed by atoms with Gasteiger partial charge in [0.15, 0.2) is 5.65 Å². The monoisotopic (exact) mass is 484 g/mol. The maximum absolute atomic E-state index is 14.0. The van der Waals surface area contributed by atoms with Crippen LogP contribution in [-0.4, -0.2) is 27.6 Å². The lowest BCUT2D eigenvalue weighted by molar-refractivity contribution is 0.0986. The van der Waals surface area contributed by atoms with Gasteiger partial charge in [0.25, 0.3) is 12.3 Å². The molecule has 0 fully saturated rings. The number of rotatable bonds is 7. The molecule has 180 valence electrons. The summed E-state index contributed by atoms with van der Waals surface area (Å²) in [5.41, 5.74) is 2.37. The Kier molecular flexibility index (Phi) is 6.40. The summed E-state index contributed by atoms with van der Waals surface area (Å²) in [6.45, 7) is 0.293. The van der Waals surface area contributed by atoms with E-state index >= 15 is 0 Å². The van der Waals surface area contributed by atoms with Crippen molar-refractivity contribution in [1.82, 2.24) is 14.6 Å². The molecule has 0 aliphatic carbocycles. The van der Waals surface area contributed by atoms with E-state index in [-0.39, 0.29) is 22.8 Å². The predicted molar refractivity (Wildman–Crippen MR) is 133 cm³/mol. The molecule has 0 bridgehead atoms. The van der Waals surface area contributed by atoms with E-state index in [1.54, 1.807) is 36.3 Å². The van der Waals surface area contributed by atoms with Crippen molar-refractivity contribution in [3.05, 3.63) is 114 Å². The van der Waals surface area contributed by atoms with E-state index in [0.29, 0.717) is 29.2 Å². The molecule has 0 spiro atoms. The molecule has 0 aliphatic rings. The molecule has 5 rings (SSSR count). The number of amides is 1. The normalized spacial score (nSPS) is 11.1. The third-order valence-electron chi connectivity index (χ3n) is 5.84. The fraction of sp³-hybridized carbons (Fsp3) is 0.107. The number of fused-ring (bicyclic) bond motifs is 1. The number of para-hydroxylation sites is 1. The first kappa shape index (κ1) is 23.2. The Morgan fingerprint density at radius 1 is 0.972 bits per heavy atom. The highest BCUT2D eigenvalue weighted by atomic mass is 19.3. The van der Waals surface area contributed by atoms with Gasteiger partial charge in [-0.2, -0.15) is 5.10 Å². The van der Waals surface area contributed by atoms with Crippen LogP contribution in [0.1, 0.15) is 28.0 Å². The number of hydrogen-bond donors (Lipinski definition) is 0. The molecule has 2 aromatic heterocycles. The minimum atomic E-state index is -2.81. The molecule has 1 amide bonds. The van der Waals surface area contributed by atoms with Crippen molar-refractivity contribution in [2.75, 3.05) is 12.0 Å². The molecule has 0 atom stereocenters. The number of nitrogens with zero attached hydrogens (tertiary/aromatic N) is 4. The highest BCUT2D eigenvalue weighted by Gasteiger charge is 2.26. The number of carbonyl (C=O) groups is 1. The van der Waals surface area contributed by atoms with Crippen LogP contribution in [0.2, 0.25) is 0 Å². The van der Waals surface area contributed by atoms with Gasteiger partial charge in [-0.25, -0.2) is 18.3 Å². The molecular formula is C28H22F2N4O2. The van der Waals surface area contributed by atoms with Crippen LogP contribution in [-0.2, 0) is 6.54 Å². The standard InChI is InChI=1S/C28H22F2N4O2/c1-36-22-14-12-20(13-15-22)24-16-25(26(29)30)34-27(32-24)23(17-31-34)28(35)33(21-10-6-3-7-11-21)18-19-8-4-2-5-9-19/h2-17,26H,18H2,1H3. The molecule has 3 aromatic carbocycles.